The first-order chi connectivity index (χ1) is 11.6. The molecule has 2 aromatic rings. The van der Waals surface area contributed by atoms with E-state index in [1.165, 1.54) is 28.0 Å². The van der Waals surface area contributed by atoms with Gasteiger partial charge in [0.05, 0.1) is 17.2 Å². The number of aryl methyl sites for hydroxylation is 2. The minimum absolute atomic E-state index is 0.0602. The maximum Gasteiger partial charge on any atom is 0.263 e. The summed E-state index contributed by atoms with van der Waals surface area (Å²) in [5.74, 6) is -0.0461. The van der Waals surface area contributed by atoms with Gasteiger partial charge in [0.25, 0.3) is 5.56 Å². The molecule has 6 nitrogen and oxygen atoms in total. The molecule has 8 heteroatoms. The Morgan fingerprint density at radius 2 is 2.08 bits per heavy atom. The lowest BCUT2D eigenvalue weighted by atomic mass is 10.1. The second-order valence-corrected chi connectivity index (χ2v) is 8.47. The molecule has 2 aromatic heterocycles. The molecule has 0 aliphatic carbocycles. The Hall–Kier alpha value is -1.85. The van der Waals surface area contributed by atoms with Crippen molar-refractivity contribution in [1.29, 1.82) is 5.26 Å². The summed E-state index contributed by atoms with van der Waals surface area (Å²) in [5.41, 5.74) is 0.0411. The van der Waals surface area contributed by atoms with Crippen molar-refractivity contribution in [1.82, 2.24) is 14.5 Å². The van der Waals surface area contributed by atoms with E-state index < -0.39 is 5.54 Å². The molecule has 2 rings (SSSR count). The first-order valence-corrected chi connectivity index (χ1v) is 9.75. The zero-order valence-corrected chi connectivity index (χ0v) is 17.0. The molecular weight excluding hydrogens is 356 g/mol. The standard InChI is InChI=1S/C17H22N4O2S2/c1-7-21-15(23)13-10(2)11(3)25-14(13)19-16(21)24-8-12(22)20(6)17(4,5)9-18/h7-8H2,1-6H3. The van der Waals surface area contributed by atoms with E-state index in [0.29, 0.717) is 21.9 Å². The van der Waals surface area contributed by atoms with Crippen LogP contribution in [0.4, 0.5) is 0 Å². The first kappa shape index (κ1) is 19.5. The van der Waals surface area contributed by atoms with E-state index in [4.69, 9.17) is 5.26 Å². The van der Waals surface area contributed by atoms with Crippen molar-refractivity contribution in [3.63, 3.8) is 0 Å². The van der Waals surface area contributed by atoms with Gasteiger partial charge < -0.3 is 4.90 Å². The van der Waals surface area contributed by atoms with Crippen molar-refractivity contribution in [3.05, 3.63) is 20.8 Å². The van der Waals surface area contributed by atoms with Gasteiger partial charge in [-0.1, -0.05) is 11.8 Å². The number of rotatable bonds is 5. The smallest absolute Gasteiger partial charge is 0.263 e. The van der Waals surface area contributed by atoms with Crippen LogP contribution in [0, 0.1) is 25.2 Å². The number of thiophene rings is 1. The van der Waals surface area contributed by atoms with Gasteiger partial charge in [0, 0.05) is 18.5 Å². The molecule has 25 heavy (non-hydrogen) atoms. The van der Waals surface area contributed by atoms with Crippen LogP contribution in [-0.4, -0.2) is 38.7 Å². The molecular formula is C17H22N4O2S2. The Kier molecular flexibility index (Phi) is 5.59. The number of aromatic nitrogens is 2. The van der Waals surface area contributed by atoms with Crippen LogP contribution in [0.3, 0.4) is 0 Å². The molecule has 0 aromatic carbocycles. The average Bonchev–Trinajstić information content (AvgIpc) is 2.86. The van der Waals surface area contributed by atoms with Crippen molar-refractivity contribution < 1.29 is 4.79 Å². The van der Waals surface area contributed by atoms with E-state index in [9.17, 15) is 9.59 Å². The van der Waals surface area contributed by atoms with Crippen molar-refractivity contribution in [2.45, 2.75) is 51.9 Å². The monoisotopic (exact) mass is 378 g/mol. The normalized spacial score (nSPS) is 11.6. The highest BCUT2D eigenvalue weighted by Crippen LogP contribution is 2.28. The lowest BCUT2D eigenvalue weighted by molar-refractivity contribution is -0.130. The summed E-state index contributed by atoms with van der Waals surface area (Å²) in [4.78, 5) is 33.0. The van der Waals surface area contributed by atoms with Crippen LogP contribution in [0.1, 0.15) is 31.2 Å². The topological polar surface area (TPSA) is 79.0 Å². The fourth-order valence-corrected chi connectivity index (χ4v) is 4.36. The van der Waals surface area contributed by atoms with E-state index in [1.54, 1.807) is 25.5 Å². The quantitative estimate of drug-likeness (QED) is 0.590. The summed E-state index contributed by atoms with van der Waals surface area (Å²) in [5, 5.41) is 10.4. The molecule has 134 valence electrons. The predicted octanol–water partition coefficient (Wildman–Crippen LogP) is 2.95. The van der Waals surface area contributed by atoms with Crippen LogP contribution in [0.2, 0.25) is 0 Å². The lowest BCUT2D eigenvalue weighted by Gasteiger charge is -2.29. The maximum atomic E-state index is 12.8. The predicted molar refractivity (Wildman–Crippen MR) is 102 cm³/mol. The highest BCUT2D eigenvalue weighted by atomic mass is 32.2. The average molecular weight is 379 g/mol. The van der Waals surface area contributed by atoms with Gasteiger partial charge in [0.2, 0.25) is 5.91 Å². The maximum absolute atomic E-state index is 12.8. The van der Waals surface area contributed by atoms with E-state index in [-0.39, 0.29) is 17.2 Å². The number of thioether (sulfide) groups is 1. The van der Waals surface area contributed by atoms with Crippen molar-refractivity contribution in [2.24, 2.45) is 0 Å². The van der Waals surface area contributed by atoms with Crippen LogP contribution in [0.5, 0.6) is 0 Å². The Labute approximate surface area is 155 Å². The van der Waals surface area contributed by atoms with Crippen LogP contribution >= 0.6 is 23.1 Å². The lowest BCUT2D eigenvalue weighted by Crippen LogP contribution is -2.44. The summed E-state index contributed by atoms with van der Waals surface area (Å²) in [6.45, 7) is 9.68. The highest BCUT2D eigenvalue weighted by Gasteiger charge is 2.27. The number of nitriles is 1. The Morgan fingerprint density at radius 3 is 2.64 bits per heavy atom. The molecule has 1 amide bonds. The van der Waals surface area contributed by atoms with Gasteiger partial charge in [-0.2, -0.15) is 5.26 Å². The van der Waals surface area contributed by atoms with Crippen LogP contribution in [-0.2, 0) is 11.3 Å². The SMILES string of the molecule is CCn1c(SCC(=O)N(C)C(C)(C)C#N)nc2sc(C)c(C)c2c1=O. The number of carbonyl (C=O) groups is 1. The van der Waals surface area contributed by atoms with Gasteiger partial charge in [-0.15, -0.1) is 11.3 Å². The largest absolute Gasteiger partial charge is 0.327 e. The summed E-state index contributed by atoms with van der Waals surface area (Å²) in [7, 11) is 1.61. The zero-order valence-electron chi connectivity index (χ0n) is 15.3. The number of nitrogens with zero attached hydrogens (tertiary/aromatic N) is 4. The minimum Gasteiger partial charge on any atom is -0.327 e. The number of amides is 1. The van der Waals surface area contributed by atoms with Crippen molar-refractivity contribution >= 4 is 39.2 Å². The Balaban J connectivity index is 2.35. The molecule has 0 atom stereocenters. The number of carbonyl (C=O) groups excluding carboxylic acids is 1. The molecule has 0 fully saturated rings. The second-order valence-electron chi connectivity index (χ2n) is 6.32. The van der Waals surface area contributed by atoms with E-state index in [0.717, 1.165) is 10.4 Å². The molecule has 0 unspecified atom stereocenters. The minimum atomic E-state index is -0.874. The molecule has 0 saturated carbocycles. The second kappa shape index (κ2) is 7.18. The van der Waals surface area contributed by atoms with Gasteiger partial charge in [0.15, 0.2) is 5.16 Å². The molecule has 0 radical (unpaired) electrons. The third-order valence-corrected chi connectivity index (χ3v) is 6.44. The summed E-state index contributed by atoms with van der Waals surface area (Å²) in [6, 6.07) is 2.11. The van der Waals surface area contributed by atoms with Crippen molar-refractivity contribution in [2.75, 3.05) is 12.8 Å². The van der Waals surface area contributed by atoms with Gasteiger partial charge >= 0.3 is 0 Å². The van der Waals surface area contributed by atoms with Gasteiger partial charge in [0.1, 0.15) is 10.4 Å². The Bertz CT molecular complexity index is 921. The number of hydrogen-bond acceptors (Lipinski definition) is 6. The molecule has 0 spiro atoms. The molecule has 0 aliphatic rings. The third kappa shape index (κ3) is 3.58. The number of fused-ring (bicyclic) bond motifs is 1. The van der Waals surface area contributed by atoms with E-state index in [2.05, 4.69) is 11.1 Å². The van der Waals surface area contributed by atoms with Crippen LogP contribution in [0.15, 0.2) is 9.95 Å². The Morgan fingerprint density at radius 1 is 1.44 bits per heavy atom. The van der Waals surface area contributed by atoms with Gasteiger partial charge in [-0.05, 0) is 40.2 Å². The molecule has 0 saturated heterocycles. The van der Waals surface area contributed by atoms with Crippen molar-refractivity contribution in [3.8, 4) is 6.07 Å². The summed E-state index contributed by atoms with van der Waals surface area (Å²) < 4.78 is 1.61. The molecule has 0 bridgehead atoms. The van der Waals surface area contributed by atoms with Crippen LogP contribution < -0.4 is 5.56 Å². The molecule has 0 aliphatic heterocycles. The molecule has 0 N–H and O–H groups in total. The molecule has 2 heterocycles. The summed E-state index contributed by atoms with van der Waals surface area (Å²) >= 11 is 2.74. The first-order valence-electron chi connectivity index (χ1n) is 7.95. The summed E-state index contributed by atoms with van der Waals surface area (Å²) in [6.07, 6.45) is 0. The van der Waals surface area contributed by atoms with Gasteiger partial charge in [-0.25, -0.2) is 4.98 Å². The number of hydrogen-bond donors (Lipinski definition) is 0. The zero-order chi connectivity index (χ0) is 18.9. The highest BCUT2D eigenvalue weighted by molar-refractivity contribution is 7.99. The fourth-order valence-electron chi connectivity index (χ4n) is 2.31. The van der Waals surface area contributed by atoms with Crippen LogP contribution in [0.25, 0.3) is 10.2 Å². The van der Waals surface area contributed by atoms with E-state index >= 15 is 0 Å². The third-order valence-electron chi connectivity index (χ3n) is 4.38. The van der Waals surface area contributed by atoms with E-state index in [1.807, 2.05) is 20.8 Å². The van der Waals surface area contributed by atoms with Gasteiger partial charge in [-0.3, -0.25) is 14.2 Å². The fraction of sp³-hybridized carbons (Fsp3) is 0.529.